The van der Waals surface area contributed by atoms with Crippen molar-refractivity contribution in [2.75, 3.05) is 41.0 Å². The van der Waals surface area contributed by atoms with Crippen LogP contribution in [-0.2, 0) is 36.3 Å². The van der Waals surface area contributed by atoms with Gasteiger partial charge in [0.25, 0.3) is 0 Å². The molecule has 0 radical (unpaired) electrons. The smallest absolute Gasteiger partial charge is 0.410 e. The van der Waals surface area contributed by atoms with Crippen LogP contribution in [0.1, 0.15) is 11.1 Å². The van der Waals surface area contributed by atoms with E-state index in [1.165, 1.54) is 20.2 Å². The molecule has 9 nitrogen and oxygen atoms in total. The van der Waals surface area contributed by atoms with Gasteiger partial charge < -0.3 is 19.1 Å². The Labute approximate surface area is 214 Å². The minimum absolute atomic E-state index is 0.0904. The molecule has 0 saturated carbocycles. The first kappa shape index (κ1) is 28.1. The first-order valence-corrected chi connectivity index (χ1v) is 12.7. The molecule has 1 aliphatic heterocycles. The van der Waals surface area contributed by atoms with Crippen molar-refractivity contribution in [3.63, 3.8) is 0 Å². The Morgan fingerprint density at radius 1 is 1.19 bits per heavy atom. The lowest BCUT2D eigenvalue weighted by molar-refractivity contribution is -0.147. The van der Waals surface area contributed by atoms with Gasteiger partial charge in [-0.05, 0) is 23.8 Å². The van der Waals surface area contributed by atoms with Gasteiger partial charge in [-0.15, -0.1) is 0 Å². The van der Waals surface area contributed by atoms with E-state index < -0.39 is 63.0 Å². The van der Waals surface area contributed by atoms with Gasteiger partial charge >= 0.3 is 12.1 Å². The Morgan fingerprint density at radius 2 is 1.86 bits per heavy atom. The van der Waals surface area contributed by atoms with Crippen LogP contribution in [0.2, 0.25) is 0 Å². The third kappa shape index (κ3) is 5.44. The van der Waals surface area contributed by atoms with Gasteiger partial charge in [-0.1, -0.05) is 30.9 Å². The zero-order chi connectivity index (χ0) is 27.4. The number of carbonyl (C=O) groups is 2. The Hall–Kier alpha value is -3.51. The zero-order valence-electron chi connectivity index (χ0n) is 20.6. The molecule has 2 aromatic carbocycles. The fraction of sp³-hybridized carbons (Fsp3) is 0.360. The van der Waals surface area contributed by atoms with Crippen molar-refractivity contribution in [3.8, 4) is 5.75 Å². The highest BCUT2D eigenvalue weighted by molar-refractivity contribution is 7.89. The number of esters is 1. The van der Waals surface area contributed by atoms with Gasteiger partial charge in [0.1, 0.15) is 34.7 Å². The molecule has 1 heterocycles. The first-order valence-electron chi connectivity index (χ1n) is 11.2. The van der Waals surface area contributed by atoms with Gasteiger partial charge in [-0.3, -0.25) is 4.79 Å². The summed E-state index contributed by atoms with van der Waals surface area (Å²) in [6, 6.07) is 9.12. The Kier molecular flexibility index (Phi) is 8.54. The summed E-state index contributed by atoms with van der Waals surface area (Å²) < 4.78 is 72.9. The fourth-order valence-corrected chi connectivity index (χ4v) is 6.36. The Bertz CT molecular complexity index is 1270. The molecule has 0 N–H and O–H groups in total. The zero-order valence-corrected chi connectivity index (χ0v) is 21.5. The van der Waals surface area contributed by atoms with Crippen LogP contribution in [0.15, 0.2) is 55.1 Å². The second-order valence-corrected chi connectivity index (χ2v) is 10.7. The van der Waals surface area contributed by atoms with E-state index in [0.29, 0.717) is 17.4 Å². The van der Waals surface area contributed by atoms with Gasteiger partial charge in [0.2, 0.25) is 10.0 Å². The lowest BCUT2D eigenvalue weighted by Crippen LogP contribution is -2.54. The molecule has 37 heavy (non-hydrogen) atoms. The quantitative estimate of drug-likeness (QED) is 0.357. The van der Waals surface area contributed by atoms with E-state index in [-0.39, 0.29) is 13.2 Å². The number of methoxy groups -OCH3 is 2. The van der Waals surface area contributed by atoms with Gasteiger partial charge in [-0.25, -0.2) is 26.3 Å². The number of ether oxygens (including phenoxy) is 3. The van der Waals surface area contributed by atoms with E-state index in [9.17, 15) is 22.4 Å². The van der Waals surface area contributed by atoms with Crippen molar-refractivity contribution in [2.45, 2.75) is 17.2 Å². The summed E-state index contributed by atoms with van der Waals surface area (Å²) in [5, 5.41) is -1.67. The van der Waals surface area contributed by atoms with Crippen LogP contribution >= 0.6 is 0 Å². The van der Waals surface area contributed by atoms with Crippen LogP contribution in [0.4, 0.5) is 13.6 Å². The molecule has 2 aromatic rings. The van der Waals surface area contributed by atoms with Gasteiger partial charge in [-0.2, -0.15) is 0 Å². The molecule has 0 unspecified atom stereocenters. The van der Waals surface area contributed by atoms with Gasteiger partial charge in [0.05, 0.1) is 14.2 Å². The third-order valence-corrected chi connectivity index (χ3v) is 8.55. The highest BCUT2D eigenvalue weighted by Gasteiger charge is 2.62. The van der Waals surface area contributed by atoms with E-state index in [1.807, 2.05) is 0 Å². The summed E-state index contributed by atoms with van der Waals surface area (Å²) in [5.41, 5.74) is -2.00. The van der Waals surface area contributed by atoms with E-state index in [1.54, 1.807) is 24.3 Å². The number of rotatable bonds is 9. The predicted molar refractivity (Wildman–Crippen MR) is 130 cm³/mol. The second kappa shape index (κ2) is 11.3. The lowest BCUT2D eigenvalue weighted by Gasteiger charge is -2.34. The number of sulfonamides is 1. The lowest BCUT2D eigenvalue weighted by atomic mass is 9.78. The van der Waals surface area contributed by atoms with Crippen LogP contribution in [0.3, 0.4) is 0 Å². The summed E-state index contributed by atoms with van der Waals surface area (Å²) >= 11 is 0. The third-order valence-electron chi connectivity index (χ3n) is 6.28. The largest absolute Gasteiger partial charge is 0.497 e. The van der Waals surface area contributed by atoms with Crippen molar-refractivity contribution < 1.29 is 41.0 Å². The summed E-state index contributed by atoms with van der Waals surface area (Å²) in [6.07, 6.45) is 0.393. The molecule has 1 saturated heterocycles. The number of hydrogen-bond acceptors (Lipinski definition) is 7. The normalized spacial score (nSPS) is 19.5. The van der Waals surface area contributed by atoms with Crippen LogP contribution in [0, 0.1) is 11.6 Å². The topological polar surface area (TPSA) is 102 Å². The minimum atomic E-state index is -4.41. The van der Waals surface area contributed by atoms with E-state index in [4.69, 9.17) is 14.2 Å². The van der Waals surface area contributed by atoms with Crippen molar-refractivity contribution >= 4 is 22.1 Å². The molecule has 12 heteroatoms. The van der Waals surface area contributed by atoms with Crippen molar-refractivity contribution in [3.05, 3.63) is 77.9 Å². The summed E-state index contributed by atoms with van der Waals surface area (Å²) in [4.78, 5) is 27.0. The molecule has 1 aliphatic rings. The highest BCUT2D eigenvalue weighted by Crippen LogP contribution is 2.42. The molecule has 0 aliphatic carbocycles. The number of likely N-dealkylation sites (tertiary alicyclic amines) is 1. The summed E-state index contributed by atoms with van der Waals surface area (Å²) in [6.45, 7) is 2.13. The number of amides is 1. The number of hydrogen-bond donors (Lipinski definition) is 0. The SMILES string of the molecule is C=CCOC(=O)N1C[C@H](S(=O)(=O)N(C)Cc2ccc(OC)cc2)[C@](C(=O)OC)(c2ccc(F)cc2F)C1. The molecule has 0 bridgehead atoms. The van der Waals surface area contributed by atoms with Crippen molar-refractivity contribution in [2.24, 2.45) is 0 Å². The van der Waals surface area contributed by atoms with Gasteiger partial charge in [0.15, 0.2) is 0 Å². The molecule has 0 spiro atoms. The van der Waals surface area contributed by atoms with Crippen LogP contribution in [0.25, 0.3) is 0 Å². The van der Waals surface area contributed by atoms with E-state index in [0.717, 1.165) is 28.4 Å². The standard InChI is InChI=1S/C25H28F2N2O7S/c1-5-12-36-24(31)29-15-22(37(32,33)28(2)14-17-6-9-19(34-3)10-7-17)25(16-29,23(30)35-4)20-11-8-18(26)13-21(20)27/h5-11,13,22H,1,12,14-16H2,2-4H3/t22-,25+/m0/s1. The van der Waals surface area contributed by atoms with Crippen LogP contribution in [0.5, 0.6) is 5.75 Å². The van der Waals surface area contributed by atoms with Gasteiger partial charge in [0, 0.05) is 38.3 Å². The maximum absolute atomic E-state index is 15.1. The monoisotopic (exact) mass is 538 g/mol. The average Bonchev–Trinajstić information content (AvgIpc) is 3.29. The number of nitrogens with zero attached hydrogens (tertiary/aromatic N) is 2. The minimum Gasteiger partial charge on any atom is -0.497 e. The van der Waals surface area contributed by atoms with E-state index in [2.05, 4.69) is 6.58 Å². The molecule has 0 aromatic heterocycles. The van der Waals surface area contributed by atoms with Crippen molar-refractivity contribution in [1.82, 2.24) is 9.21 Å². The molecule has 200 valence electrons. The fourth-order valence-electron chi connectivity index (χ4n) is 4.43. The second-order valence-electron chi connectivity index (χ2n) is 8.47. The maximum Gasteiger partial charge on any atom is 0.410 e. The molecule has 1 amide bonds. The molecule has 2 atom stereocenters. The molecule has 3 rings (SSSR count). The molecule has 1 fully saturated rings. The Balaban J connectivity index is 2.11. The number of carbonyl (C=O) groups excluding carboxylic acids is 2. The number of halogens is 2. The van der Waals surface area contributed by atoms with Crippen LogP contribution < -0.4 is 4.74 Å². The van der Waals surface area contributed by atoms with Crippen molar-refractivity contribution in [1.29, 1.82) is 0 Å². The predicted octanol–water partition coefficient (Wildman–Crippen LogP) is 2.85. The Morgan fingerprint density at radius 3 is 2.43 bits per heavy atom. The molecular weight excluding hydrogens is 510 g/mol. The van der Waals surface area contributed by atoms with Crippen LogP contribution in [-0.4, -0.2) is 75.9 Å². The van der Waals surface area contributed by atoms with E-state index >= 15 is 4.39 Å². The highest BCUT2D eigenvalue weighted by atomic mass is 32.2. The molecular formula is C25H28F2N2O7S. The first-order chi connectivity index (χ1) is 17.5. The maximum atomic E-state index is 15.1. The average molecular weight is 539 g/mol. The number of benzene rings is 2. The summed E-state index contributed by atoms with van der Waals surface area (Å²) in [5.74, 6) is -2.58. The summed E-state index contributed by atoms with van der Waals surface area (Å²) in [7, 11) is -0.578.